The van der Waals surface area contributed by atoms with Gasteiger partial charge < -0.3 is 15.6 Å². The van der Waals surface area contributed by atoms with E-state index in [9.17, 15) is 9.90 Å². The van der Waals surface area contributed by atoms with Crippen LogP contribution in [0.5, 0.6) is 6.08 Å². The number of aliphatic hydroxyl groups is 1. The normalized spacial score (nSPS) is 13.8. The summed E-state index contributed by atoms with van der Waals surface area (Å²) in [5, 5.41) is 13.3. The van der Waals surface area contributed by atoms with Crippen molar-refractivity contribution < 1.29 is 19.2 Å². The van der Waals surface area contributed by atoms with Gasteiger partial charge in [-0.15, -0.1) is 0 Å². The van der Waals surface area contributed by atoms with Crippen LogP contribution in [0.25, 0.3) is 11.4 Å². The number of ether oxygens (including phenoxy) is 1. The predicted molar refractivity (Wildman–Crippen MR) is 69.6 cm³/mol. The van der Waals surface area contributed by atoms with Crippen LogP contribution in [0.2, 0.25) is 0 Å². The molecule has 1 heterocycles. The Kier molecular flexibility index (Phi) is 4.44. The van der Waals surface area contributed by atoms with Gasteiger partial charge in [0.05, 0.1) is 0 Å². The highest BCUT2D eigenvalue weighted by Crippen LogP contribution is 2.18. The van der Waals surface area contributed by atoms with E-state index in [0.717, 1.165) is 5.56 Å². The van der Waals surface area contributed by atoms with Gasteiger partial charge in [0.2, 0.25) is 5.82 Å². The van der Waals surface area contributed by atoms with Gasteiger partial charge in [-0.25, -0.2) is 4.79 Å². The highest BCUT2D eigenvalue weighted by Gasteiger charge is 2.25. The average Bonchev–Trinajstić information content (AvgIpc) is 2.95. The lowest BCUT2D eigenvalue weighted by Crippen LogP contribution is -2.42. The summed E-state index contributed by atoms with van der Waals surface area (Å²) >= 11 is 0. The molecule has 1 unspecified atom stereocenters. The number of aliphatic hydroxyl groups excluding tert-OH is 1. The minimum Gasteiger partial charge on any atom is -0.380 e. The van der Waals surface area contributed by atoms with Crippen LogP contribution in [0.3, 0.4) is 0 Å². The number of carbonyl (C=O) groups excluding carboxylic acids is 1. The van der Waals surface area contributed by atoms with Crippen LogP contribution in [-0.2, 0) is 4.79 Å². The van der Waals surface area contributed by atoms with E-state index in [1.54, 1.807) is 19.1 Å². The molecule has 0 radical (unpaired) electrons. The molecule has 20 heavy (non-hydrogen) atoms. The third-order valence-corrected chi connectivity index (χ3v) is 2.75. The van der Waals surface area contributed by atoms with Crippen molar-refractivity contribution >= 4 is 5.97 Å². The van der Waals surface area contributed by atoms with Gasteiger partial charge in [0.15, 0.2) is 6.10 Å². The monoisotopic (exact) mass is 277 g/mol. The summed E-state index contributed by atoms with van der Waals surface area (Å²) in [7, 11) is 0. The Balaban J connectivity index is 2.05. The maximum atomic E-state index is 11.6. The molecule has 2 aromatic rings. The van der Waals surface area contributed by atoms with E-state index in [1.807, 2.05) is 18.2 Å². The van der Waals surface area contributed by atoms with Crippen LogP contribution in [0.1, 0.15) is 13.3 Å². The van der Waals surface area contributed by atoms with Crippen molar-refractivity contribution in [2.24, 2.45) is 5.73 Å². The first-order chi connectivity index (χ1) is 9.61. The molecule has 0 aliphatic heterocycles. The fourth-order valence-electron chi connectivity index (χ4n) is 1.50. The van der Waals surface area contributed by atoms with Crippen LogP contribution < -0.4 is 10.5 Å². The average molecular weight is 277 g/mol. The summed E-state index contributed by atoms with van der Waals surface area (Å²) in [4.78, 5) is 15.5. The van der Waals surface area contributed by atoms with Crippen LogP contribution in [0.4, 0.5) is 0 Å². The molecule has 7 heteroatoms. The summed E-state index contributed by atoms with van der Waals surface area (Å²) in [6.07, 6.45) is -1.31. The SMILES string of the molecule is CC[C@H](N)C(O)C(=O)Oc1nc(-c2ccccc2)no1. The van der Waals surface area contributed by atoms with E-state index in [0.29, 0.717) is 12.2 Å². The van der Waals surface area contributed by atoms with Gasteiger partial charge in [0.1, 0.15) is 0 Å². The molecule has 7 nitrogen and oxygen atoms in total. The number of nitrogens with zero attached hydrogens (tertiary/aromatic N) is 2. The molecule has 106 valence electrons. The first-order valence-electron chi connectivity index (χ1n) is 6.16. The fraction of sp³-hybridized carbons (Fsp3) is 0.308. The van der Waals surface area contributed by atoms with Gasteiger partial charge in [0.25, 0.3) is 0 Å². The third kappa shape index (κ3) is 3.19. The van der Waals surface area contributed by atoms with E-state index >= 15 is 0 Å². The van der Waals surface area contributed by atoms with E-state index < -0.39 is 18.1 Å². The molecule has 0 saturated heterocycles. The standard InChI is InChI=1S/C13H15N3O4/c1-2-9(14)10(17)12(18)19-13-15-11(16-20-13)8-6-4-3-5-7-8/h3-7,9-10,17H,2,14H2,1H3/t9-,10?/m0/s1. The highest BCUT2D eigenvalue weighted by molar-refractivity contribution is 5.77. The van der Waals surface area contributed by atoms with Crippen LogP contribution in [-0.4, -0.2) is 33.4 Å². The van der Waals surface area contributed by atoms with E-state index in [1.165, 1.54) is 0 Å². The number of hydrogen-bond acceptors (Lipinski definition) is 7. The van der Waals surface area contributed by atoms with Gasteiger partial charge in [-0.1, -0.05) is 42.4 Å². The zero-order valence-electron chi connectivity index (χ0n) is 10.9. The first kappa shape index (κ1) is 14.2. The number of nitrogens with two attached hydrogens (primary N) is 1. The predicted octanol–water partition coefficient (Wildman–Crippen LogP) is 0.740. The number of esters is 1. The highest BCUT2D eigenvalue weighted by atomic mass is 16.7. The summed E-state index contributed by atoms with van der Waals surface area (Å²) in [5.41, 5.74) is 6.28. The summed E-state index contributed by atoms with van der Waals surface area (Å²) < 4.78 is 9.59. The molecule has 0 aliphatic carbocycles. The fourth-order valence-corrected chi connectivity index (χ4v) is 1.50. The van der Waals surface area contributed by atoms with Gasteiger partial charge >= 0.3 is 12.0 Å². The Morgan fingerprint density at radius 1 is 1.45 bits per heavy atom. The summed E-state index contributed by atoms with van der Waals surface area (Å²) in [5.74, 6) is -0.620. The van der Waals surface area contributed by atoms with Crippen molar-refractivity contribution in [1.29, 1.82) is 0 Å². The second kappa shape index (κ2) is 6.27. The third-order valence-electron chi connectivity index (χ3n) is 2.75. The molecule has 3 N–H and O–H groups in total. The van der Waals surface area contributed by atoms with E-state index in [-0.39, 0.29) is 6.08 Å². The van der Waals surface area contributed by atoms with Gasteiger partial charge in [-0.2, -0.15) is 4.98 Å². The number of rotatable bonds is 5. The van der Waals surface area contributed by atoms with Crippen molar-refractivity contribution in [2.45, 2.75) is 25.5 Å². The Morgan fingerprint density at radius 2 is 2.15 bits per heavy atom. The largest absolute Gasteiger partial charge is 0.425 e. The van der Waals surface area contributed by atoms with Gasteiger partial charge in [0, 0.05) is 11.6 Å². The van der Waals surface area contributed by atoms with Crippen molar-refractivity contribution in [3.8, 4) is 17.5 Å². The zero-order valence-corrected chi connectivity index (χ0v) is 10.9. The first-order valence-corrected chi connectivity index (χ1v) is 6.16. The lowest BCUT2D eigenvalue weighted by Gasteiger charge is -2.13. The number of aromatic nitrogens is 2. The van der Waals surface area contributed by atoms with Crippen LogP contribution in [0.15, 0.2) is 34.9 Å². The summed E-state index contributed by atoms with van der Waals surface area (Å²) in [6, 6.07) is 8.38. The smallest absolute Gasteiger partial charge is 0.380 e. The van der Waals surface area contributed by atoms with Crippen LogP contribution in [0, 0.1) is 0 Å². The molecular formula is C13H15N3O4. The molecule has 0 bridgehead atoms. The summed E-state index contributed by atoms with van der Waals surface area (Å²) in [6.45, 7) is 1.75. The second-order valence-electron chi connectivity index (χ2n) is 4.19. The van der Waals surface area contributed by atoms with Gasteiger partial charge in [-0.05, 0) is 6.42 Å². The maximum absolute atomic E-state index is 11.6. The Hall–Kier alpha value is -2.25. The molecular weight excluding hydrogens is 262 g/mol. The van der Waals surface area contributed by atoms with Crippen molar-refractivity contribution in [2.75, 3.05) is 0 Å². The Labute approximate surface area is 115 Å². The molecule has 2 rings (SSSR count). The van der Waals surface area contributed by atoms with Crippen LogP contribution >= 0.6 is 0 Å². The number of benzene rings is 1. The Bertz CT molecular complexity index is 570. The second-order valence-corrected chi connectivity index (χ2v) is 4.19. The molecule has 1 aromatic heterocycles. The minimum absolute atomic E-state index is 0.294. The van der Waals surface area contributed by atoms with E-state index in [4.69, 9.17) is 15.0 Å². The molecule has 2 atom stereocenters. The zero-order chi connectivity index (χ0) is 14.5. The molecule has 1 aromatic carbocycles. The molecule has 0 amide bonds. The van der Waals surface area contributed by atoms with Crippen molar-refractivity contribution in [3.63, 3.8) is 0 Å². The lowest BCUT2D eigenvalue weighted by atomic mass is 10.1. The molecule has 0 saturated carbocycles. The molecule has 0 fully saturated rings. The Morgan fingerprint density at radius 3 is 2.80 bits per heavy atom. The molecule has 0 spiro atoms. The lowest BCUT2D eigenvalue weighted by molar-refractivity contribution is -0.146. The van der Waals surface area contributed by atoms with E-state index in [2.05, 4.69) is 10.1 Å². The topological polar surface area (TPSA) is 111 Å². The van der Waals surface area contributed by atoms with Crippen molar-refractivity contribution in [1.82, 2.24) is 10.1 Å². The van der Waals surface area contributed by atoms with Crippen molar-refractivity contribution in [3.05, 3.63) is 30.3 Å². The van der Waals surface area contributed by atoms with Gasteiger partial charge in [-0.3, -0.25) is 4.52 Å². The quantitative estimate of drug-likeness (QED) is 0.775. The number of hydrogen-bond donors (Lipinski definition) is 2. The number of carbonyl (C=O) groups is 1. The minimum atomic E-state index is -1.42. The maximum Gasteiger partial charge on any atom is 0.425 e. The molecule has 0 aliphatic rings.